The number of piperidine rings is 1. The quantitative estimate of drug-likeness (QED) is 0.688. The number of nitrogens with zero attached hydrogens (tertiary/aromatic N) is 2. The summed E-state index contributed by atoms with van der Waals surface area (Å²) in [6, 6.07) is -0.362. The zero-order valence-electron chi connectivity index (χ0n) is 15.7. The Hall–Kier alpha value is -0.990. The highest BCUT2D eigenvalue weighted by Gasteiger charge is 2.41. The number of nitrogens with one attached hydrogen (secondary N) is 1. The largest absolute Gasteiger partial charge is 0.355 e. The van der Waals surface area contributed by atoms with Crippen LogP contribution in [0.3, 0.4) is 0 Å². The van der Waals surface area contributed by atoms with Crippen LogP contribution in [0, 0.1) is 11.8 Å². The van der Waals surface area contributed by atoms with Gasteiger partial charge in [-0.25, -0.2) is 0 Å². The molecule has 3 amide bonds. The lowest BCUT2D eigenvalue weighted by atomic mass is 9.96. The molecule has 3 fully saturated rings. The molecular formula is C18H31ClN4O3S. The van der Waals surface area contributed by atoms with Crippen LogP contribution < -0.4 is 11.1 Å². The van der Waals surface area contributed by atoms with Crippen LogP contribution in [0.5, 0.6) is 0 Å². The van der Waals surface area contributed by atoms with E-state index in [9.17, 15) is 14.4 Å². The van der Waals surface area contributed by atoms with Crippen molar-refractivity contribution in [2.24, 2.45) is 17.6 Å². The molecule has 0 aromatic heterocycles. The van der Waals surface area contributed by atoms with Gasteiger partial charge >= 0.3 is 0 Å². The van der Waals surface area contributed by atoms with E-state index < -0.39 is 0 Å². The first kappa shape index (κ1) is 22.3. The molecule has 3 rings (SSSR count). The van der Waals surface area contributed by atoms with Crippen molar-refractivity contribution in [3.05, 3.63) is 0 Å². The maximum Gasteiger partial charge on any atom is 0.246 e. The van der Waals surface area contributed by atoms with Gasteiger partial charge in [-0.05, 0) is 25.7 Å². The number of rotatable bonds is 5. The molecule has 1 aliphatic carbocycles. The lowest BCUT2D eigenvalue weighted by Gasteiger charge is -2.35. The fourth-order valence-corrected chi connectivity index (χ4v) is 5.37. The first-order valence-corrected chi connectivity index (χ1v) is 10.9. The Labute approximate surface area is 171 Å². The van der Waals surface area contributed by atoms with Gasteiger partial charge in [0.15, 0.2) is 0 Å². The molecule has 2 atom stereocenters. The predicted molar refractivity (Wildman–Crippen MR) is 109 cm³/mol. The van der Waals surface area contributed by atoms with Crippen LogP contribution in [0.15, 0.2) is 0 Å². The average Bonchev–Trinajstić information content (AvgIpc) is 3.37. The van der Waals surface area contributed by atoms with Gasteiger partial charge in [0, 0.05) is 37.8 Å². The van der Waals surface area contributed by atoms with Crippen LogP contribution in [0.2, 0.25) is 0 Å². The van der Waals surface area contributed by atoms with E-state index in [4.69, 9.17) is 5.73 Å². The summed E-state index contributed by atoms with van der Waals surface area (Å²) in [5.41, 5.74) is 5.44. The third kappa shape index (κ3) is 5.29. The number of thioether (sulfide) groups is 1. The Morgan fingerprint density at radius 3 is 2.44 bits per heavy atom. The standard InChI is InChI=1S/C18H30N4O3S.ClH/c19-7-8-20-16(23)14-6-3-9-21(10-14)18(25)15-11-26-12-22(15)17(24)13-4-1-2-5-13;/h13-15H,1-12,19H2,(H,20,23);1H. The Balaban J connectivity index is 0.00000261. The second-order valence-electron chi connectivity index (χ2n) is 7.51. The third-order valence-electron chi connectivity index (χ3n) is 5.70. The Morgan fingerprint density at radius 2 is 1.74 bits per heavy atom. The summed E-state index contributed by atoms with van der Waals surface area (Å²) >= 11 is 1.65. The van der Waals surface area contributed by atoms with Gasteiger partial charge in [-0.3, -0.25) is 14.4 Å². The summed E-state index contributed by atoms with van der Waals surface area (Å²) in [6.45, 7) is 2.00. The molecule has 3 aliphatic rings. The first-order valence-electron chi connectivity index (χ1n) is 9.76. The topological polar surface area (TPSA) is 95.7 Å². The van der Waals surface area contributed by atoms with Crippen molar-refractivity contribution in [1.82, 2.24) is 15.1 Å². The molecule has 0 radical (unpaired) electrons. The zero-order valence-corrected chi connectivity index (χ0v) is 17.4. The number of likely N-dealkylation sites (tertiary alicyclic amines) is 1. The molecule has 7 nitrogen and oxygen atoms in total. The van der Waals surface area contributed by atoms with Crippen LogP contribution in [0.4, 0.5) is 0 Å². The molecule has 1 saturated carbocycles. The second-order valence-corrected chi connectivity index (χ2v) is 8.51. The highest BCUT2D eigenvalue weighted by Crippen LogP contribution is 2.31. The predicted octanol–water partition coefficient (Wildman–Crippen LogP) is 0.813. The van der Waals surface area contributed by atoms with Crippen molar-refractivity contribution in [3.8, 4) is 0 Å². The maximum absolute atomic E-state index is 13.1. The van der Waals surface area contributed by atoms with Gasteiger partial charge in [-0.2, -0.15) is 0 Å². The van der Waals surface area contributed by atoms with Crippen LogP contribution in [0.1, 0.15) is 38.5 Å². The highest BCUT2D eigenvalue weighted by molar-refractivity contribution is 7.99. The van der Waals surface area contributed by atoms with Gasteiger partial charge < -0.3 is 20.9 Å². The molecule has 2 heterocycles. The van der Waals surface area contributed by atoms with Crippen molar-refractivity contribution in [3.63, 3.8) is 0 Å². The molecule has 0 aromatic carbocycles. The summed E-state index contributed by atoms with van der Waals surface area (Å²) in [7, 11) is 0. The molecule has 0 bridgehead atoms. The van der Waals surface area contributed by atoms with E-state index in [0.717, 1.165) is 38.5 Å². The van der Waals surface area contributed by atoms with Gasteiger partial charge in [0.2, 0.25) is 17.7 Å². The number of carbonyl (C=O) groups is 3. The minimum absolute atomic E-state index is 0. The number of hydrogen-bond acceptors (Lipinski definition) is 5. The number of hydrogen-bond donors (Lipinski definition) is 2. The van der Waals surface area contributed by atoms with Crippen LogP contribution in [-0.2, 0) is 14.4 Å². The number of nitrogens with two attached hydrogens (primary N) is 1. The third-order valence-corrected chi connectivity index (χ3v) is 6.71. The summed E-state index contributed by atoms with van der Waals surface area (Å²) in [5, 5.41) is 2.82. The van der Waals surface area contributed by atoms with Crippen molar-refractivity contribution in [1.29, 1.82) is 0 Å². The van der Waals surface area contributed by atoms with Crippen molar-refractivity contribution in [2.75, 3.05) is 37.8 Å². The second kappa shape index (κ2) is 10.5. The molecule has 0 spiro atoms. The van der Waals surface area contributed by atoms with Crippen molar-refractivity contribution >= 4 is 41.9 Å². The lowest BCUT2D eigenvalue weighted by Crippen LogP contribution is -2.54. The van der Waals surface area contributed by atoms with Gasteiger partial charge in [0.05, 0.1) is 11.8 Å². The van der Waals surface area contributed by atoms with Crippen LogP contribution in [0.25, 0.3) is 0 Å². The normalized spacial score (nSPS) is 26.0. The van der Waals surface area contributed by atoms with Gasteiger partial charge in [-0.15, -0.1) is 24.2 Å². The van der Waals surface area contributed by atoms with E-state index >= 15 is 0 Å². The molecule has 9 heteroatoms. The summed E-state index contributed by atoms with van der Waals surface area (Å²) in [4.78, 5) is 41.7. The van der Waals surface area contributed by atoms with E-state index in [-0.39, 0.29) is 48.0 Å². The van der Waals surface area contributed by atoms with E-state index in [0.29, 0.717) is 37.8 Å². The van der Waals surface area contributed by atoms with Crippen molar-refractivity contribution < 1.29 is 14.4 Å². The first-order chi connectivity index (χ1) is 12.6. The van der Waals surface area contributed by atoms with E-state index in [1.54, 1.807) is 21.6 Å². The molecule has 0 aromatic rings. The monoisotopic (exact) mass is 418 g/mol. The Kier molecular flexibility index (Phi) is 8.69. The Morgan fingerprint density at radius 1 is 1.04 bits per heavy atom. The number of carbonyl (C=O) groups excluding carboxylic acids is 3. The molecule has 3 N–H and O–H groups in total. The molecule has 2 aliphatic heterocycles. The highest BCUT2D eigenvalue weighted by atomic mass is 35.5. The summed E-state index contributed by atoms with van der Waals surface area (Å²) in [5.74, 6) is 1.34. The minimum Gasteiger partial charge on any atom is -0.355 e. The minimum atomic E-state index is -0.362. The summed E-state index contributed by atoms with van der Waals surface area (Å²) in [6.07, 6.45) is 5.75. The smallest absolute Gasteiger partial charge is 0.246 e. The lowest BCUT2D eigenvalue weighted by molar-refractivity contribution is -0.147. The summed E-state index contributed by atoms with van der Waals surface area (Å²) < 4.78 is 0. The number of halogens is 1. The molecule has 154 valence electrons. The fourth-order valence-electron chi connectivity index (χ4n) is 4.21. The van der Waals surface area contributed by atoms with E-state index in [1.807, 2.05) is 0 Å². The SMILES string of the molecule is Cl.NCCNC(=O)C1CCCN(C(=O)C2CSCN2C(=O)C2CCCC2)C1. The van der Waals surface area contributed by atoms with Crippen LogP contribution >= 0.6 is 24.2 Å². The van der Waals surface area contributed by atoms with Crippen LogP contribution in [-0.4, -0.2) is 71.4 Å². The zero-order chi connectivity index (χ0) is 18.5. The average molecular weight is 419 g/mol. The molecule has 2 unspecified atom stereocenters. The fraction of sp³-hybridized carbons (Fsp3) is 0.833. The van der Waals surface area contributed by atoms with Gasteiger partial charge in [0.25, 0.3) is 0 Å². The maximum atomic E-state index is 13.1. The number of amides is 3. The van der Waals surface area contributed by atoms with Gasteiger partial charge in [0.1, 0.15) is 6.04 Å². The Bertz CT molecular complexity index is 545. The molecule has 2 saturated heterocycles. The van der Waals surface area contributed by atoms with Gasteiger partial charge in [-0.1, -0.05) is 12.8 Å². The molecule has 27 heavy (non-hydrogen) atoms. The van der Waals surface area contributed by atoms with Crippen molar-refractivity contribution in [2.45, 2.75) is 44.6 Å². The molecular weight excluding hydrogens is 388 g/mol. The van der Waals surface area contributed by atoms with E-state index in [2.05, 4.69) is 5.32 Å². The van der Waals surface area contributed by atoms with E-state index in [1.165, 1.54) is 0 Å².